The minimum atomic E-state index is 0.354. The van der Waals surface area contributed by atoms with Crippen LogP contribution < -0.4 is 0 Å². The molecule has 3 aromatic rings. The molecular weight excluding hydrogens is 214 g/mol. The Hall–Kier alpha value is -2.17. The molecule has 0 atom stereocenters. The highest BCUT2D eigenvalue weighted by atomic mass is 15.3. The number of nitrogens with zero attached hydrogens (tertiary/aromatic N) is 4. The van der Waals surface area contributed by atoms with Crippen LogP contribution in [0.5, 0.6) is 0 Å². The second kappa shape index (κ2) is 3.69. The van der Waals surface area contributed by atoms with E-state index in [9.17, 15) is 0 Å². The molecule has 3 heterocycles. The van der Waals surface area contributed by atoms with E-state index in [4.69, 9.17) is 0 Å². The van der Waals surface area contributed by atoms with Gasteiger partial charge in [0.1, 0.15) is 5.69 Å². The average Bonchev–Trinajstić information content (AvgIpc) is 2.95. The van der Waals surface area contributed by atoms with Crippen LogP contribution in [0.4, 0.5) is 0 Å². The summed E-state index contributed by atoms with van der Waals surface area (Å²) >= 11 is 0. The topological polar surface area (TPSA) is 59.4 Å². The number of hydrogen-bond donors (Lipinski definition) is 1. The minimum Gasteiger partial charge on any atom is -0.277 e. The molecule has 0 saturated heterocycles. The molecule has 0 spiro atoms. The quantitative estimate of drug-likeness (QED) is 0.731. The van der Waals surface area contributed by atoms with E-state index in [0.29, 0.717) is 6.04 Å². The van der Waals surface area contributed by atoms with Crippen molar-refractivity contribution in [1.29, 1.82) is 0 Å². The Balaban J connectivity index is 2.14. The molecule has 86 valence electrons. The number of hydrogen-bond acceptors (Lipinski definition) is 3. The standard InChI is InChI=1S/C12H13N5/c1-8(2)17-7-9(5-14-17)12-10-6-13-4-3-11(10)15-16-12/h3-8H,1-2H3,(H,15,16). The van der Waals surface area contributed by atoms with E-state index in [-0.39, 0.29) is 0 Å². The van der Waals surface area contributed by atoms with Crippen LogP contribution in [-0.4, -0.2) is 25.0 Å². The highest BCUT2D eigenvalue weighted by Crippen LogP contribution is 2.25. The molecule has 5 heteroatoms. The summed E-state index contributed by atoms with van der Waals surface area (Å²) in [6, 6.07) is 2.27. The summed E-state index contributed by atoms with van der Waals surface area (Å²) in [4.78, 5) is 4.13. The first kappa shape index (κ1) is 10.0. The van der Waals surface area contributed by atoms with Crippen molar-refractivity contribution in [2.45, 2.75) is 19.9 Å². The van der Waals surface area contributed by atoms with Crippen molar-refractivity contribution in [3.05, 3.63) is 30.9 Å². The smallest absolute Gasteiger partial charge is 0.105 e. The first-order valence-corrected chi connectivity index (χ1v) is 5.58. The fourth-order valence-corrected chi connectivity index (χ4v) is 1.82. The molecule has 3 aromatic heterocycles. The molecule has 0 aliphatic rings. The molecule has 0 unspecified atom stereocenters. The highest BCUT2D eigenvalue weighted by molar-refractivity contribution is 5.91. The molecule has 0 amide bonds. The fraction of sp³-hybridized carbons (Fsp3) is 0.250. The summed E-state index contributed by atoms with van der Waals surface area (Å²) in [5.74, 6) is 0. The van der Waals surface area contributed by atoms with E-state index in [1.165, 1.54) is 0 Å². The molecule has 0 bridgehead atoms. The van der Waals surface area contributed by atoms with E-state index < -0.39 is 0 Å². The lowest BCUT2D eigenvalue weighted by molar-refractivity contribution is 0.532. The predicted molar refractivity (Wildman–Crippen MR) is 65.5 cm³/mol. The molecule has 0 saturated carbocycles. The first-order valence-electron chi connectivity index (χ1n) is 5.58. The summed E-state index contributed by atoms with van der Waals surface area (Å²) in [7, 11) is 0. The molecule has 0 fully saturated rings. The molecule has 0 radical (unpaired) electrons. The number of aromatic amines is 1. The van der Waals surface area contributed by atoms with Crippen molar-refractivity contribution in [2.24, 2.45) is 0 Å². The van der Waals surface area contributed by atoms with Gasteiger partial charge >= 0.3 is 0 Å². The average molecular weight is 227 g/mol. The lowest BCUT2D eigenvalue weighted by Gasteiger charge is -2.02. The Morgan fingerprint density at radius 3 is 2.94 bits per heavy atom. The second-order valence-electron chi connectivity index (χ2n) is 4.30. The lowest BCUT2D eigenvalue weighted by Crippen LogP contribution is -1.99. The maximum atomic E-state index is 4.32. The Morgan fingerprint density at radius 1 is 1.29 bits per heavy atom. The largest absolute Gasteiger partial charge is 0.277 e. The number of aromatic nitrogens is 5. The Kier molecular flexibility index (Phi) is 2.18. The van der Waals surface area contributed by atoms with Crippen LogP contribution in [0.25, 0.3) is 22.2 Å². The van der Waals surface area contributed by atoms with Crippen molar-refractivity contribution < 1.29 is 0 Å². The SMILES string of the molecule is CC(C)n1cc(-c2n[nH]c3ccncc23)cn1. The molecule has 0 aromatic carbocycles. The number of rotatable bonds is 2. The summed E-state index contributed by atoms with van der Waals surface area (Å²) in [6.07, 6.45) is 7.42. The van der Waals surface area contributed by atoms with Gasteiger partial charge in [-0.1, -0.05) is 0 Å². The van der Waals surface area contributed by atoms with Gasteiger partial charge in [-0.05, 0) is 19.9 Å². The summed E-state index contributed by atoms with van der Waals surface area (Å²) in [5, 5.41) is 12.7. The van der Waals surface area contributed by atoms with Gasteiger partial charge in [0.15, 0.2) is 0 Å². The van der Waals surface area contributed by atoms with E-state index in [1.54, 1.807) is 6.20 Å². The van der Waals surface area contributed by atoms with Crippen LogP contribution in [0.3, 0.4) is 0 Å². The van der Waals surface area contributed by atoms with Crippen molar-refractivity contribution in [1.82, 2.24) is 25.0 Å². The number of fused-ring (bicyclic) bond motifs is 1. The van der Waals surface area contributed by atoms with Crippen LogP contribution in [0.15, 0.2) is 30.9 Å². The van der Waals surface area contributed by atoms with Crippen LogP contribution in [-0.2, 0) is 0 Å². The number of nitrogens with one attached hydrogen (secondary N) is 1. The fourth-order valence-electron chi connectivity index (χ4n) is 1.82. The van der Waals surface area contributed by atoms with Gasteiger partial charge in [-0.25, -0.2) is 0 Å². The van der Waals surface area contributed by atoms with E-state index in [0.717, 1.165) is 22.2 Å². The van der Waals surface area contributed by atoms with Gasteiger partial charge in [0, 0.05) is 35.6 Å². The zero-order chi connectivity index (χ0) is 11.8. The van der Waals surface area contributed by atoms with Crippen LogP contribution in [0.1, 0.15) is 19.9 Å². The summed E-state index contributed by atoms with van der Waals surface area (Å²) in [5.41, 5.74) is 2.91. The van der Waals surface area contributed by atoms with E-state index >= 15 is 0 Å². The second-order valence-corrected chi connectivity index (χ2v) is 4.30. The van der Waals surface area contributed by atoms with Gasteiger partial charge in [-0.3, -0.25) is 14.8 Å². The van der Waals surface area contributed by atoms with Gasteiger partial charge in [0.05, 0.1) is 11.7 Å². The summed E-state index contributed by atoms with van der Waals surface area (Å²) in [6.45, 7) is 4.20. The molecule has 3 rings (SSSR count). The Morgan fingerprint density at radius 2 is 2.18 bits per heavy atom. The van der Waals surface area contributed by atoms with Crippen molar-refractivity contribution in [3.8, 4) is 11.3 Å². The van der Waals surface area contributed by atoms with Crippen molar-refractivity contribution in [2.75, 3.05) is 0 Å². The third-order valence-electron chi connectivity index (χ3n) is 2.77. The normalized spacial score (nSPS) is 11.5. The third kappa shape index (κ3) is 1.60. The molecule has 5 nitrogen and oxygen atoms in total. The maximum absolute atomic E-state index is 4.32. The maximum Gasteiger partial charge on any atom is 0.105 e. The first-order chi connectivity index (χ1) is 8.25. The Labute approximate surface area is 98.5 Å². The predicted octanol–water partition coefficient (Wildman–Crippen LogP) is 2.40. The van der Waals surface area contributed by atoms with Crippen LogP contribution in [0, 0.1) is 0 Å². The van der Waals surface area contributed by atoms with Gasteiger partial charge in [0.2, 0.25) is 0 Å². The molecule has 0 aliphatic heterocycles. The van der Waals surface area contributed by atoms with Crippen LogP contribution in [0.2, 0.25) is 0 Å². The van der Waals surface area contributed by atoms with Gasteiger partial charge in [-0.15, -0.1) is 0 Å². The van der Waals surface area contributed by atoms with Crippen LogP contribution >= 0.6 is 0 Å². The van der Waals surface area contributed by atoms with Crippen molar-refractivity contribution >= 4 is 10.9 Å². The van der Waals surface area contributed by atoms with E-state index in [1.807, 2.05) is 29.3 Å². The molecule has 1 N–H and O–H groups in total. The Bertz CT molecular complexity index is 650. The zero-order valence-corrected chi connectivity index (χ0v) is 9.75. The highest BCUT2D eigenvalue weighted by Gasteiger charge is 2.10. The number of pyridine rings is 1. The number of H-pyrrole nitrogens is 1. The zero-order valence-electron chi connectivity index (χ0n) is 9.75. The lowest BCUT2D eigenvalue weighted by atomic mass is 10.2. The molecular formula is C12H13N5. The molecule has 0 aliphatic carbocycles. The summed E-state index contributed by atoms with van der Waals surface area (Å²) < 4.78 is 1.92. The molecule has 17 heavy (non-hydrogen) atoms. The van der Waals surface area contributed by atoms with Gasteiger partial charge < -0.3 is 0 Å². The van der Waals surface area contributed by atoms with Crippen molar-refractivity contribution in [3.63, 3.8) is 0 Å². The van der Waals surface area contributed by atoms with Gasteiger partial charge in [-0.2, -0.15) is 10.2 Å². The van der Waals surface area contributed by atoms with Gasteiger partial charge in [0.25, 0.3) is 0 Å². The third-order valence-corrected chi connectivity index (χ3v) is 2.77. The monoisotopic (exact) mass is 227 g/mol. The van der Waals surface area contributed by atoms with E-state index in [2.05, 4.69) is 34.1 Å². The minimum absolute atomic E-state index is 0.354.